The van der Waals surface area contributed by atoms with Crippen molar-refractivity contribution in [1.82, 2.24) is 0 Å². The number of hydrogen-bond donors (Lipinski definition) is 3. The SMILES string of the molecule is COc1cc(Oc2ccccc2)c(Br)cc1NC(=O)Nc1ccc(C(N)=O)c(OC)c1. The molecule has 8 nitrogen and oxygen atoms in total. The Bertz CT molecular complexity index is 1110. The van der Waals surface area contributed by atoms with E-state index in [1.807, 2.05) is 30.3 Å². The van der Waals surface area contributed by atoms with Crippen molar-refractivity contribution in [3.63, 3.8) is 0 Å². The van der Waals surface area contributed by atoms with Crippen molar-refractivity contribution in [1.29, 1.82) is 0 Å². The molecule has 0 aliphatic carbocycles. The van der Waals surface area contributed by atoms with Gasteiger partial charge < -0.3 is 30.6 Å². The molecule has 0 spiro atoms. The van der Waals surface area contributed by atoms with Gasteiger partial charge in [0.2, 0.25) is 0 Å². The molecule has 0 aromatic heterocycles. The second kappa shape index (κ2) is 9.86. The summed E-state index contributed by atoms with van der Waals surface area (Å²) in [4.78, 5) is 23.9. The Labute approximate surface area is 187 Å². The van der Waals surface area contributed by atoms with Crippen LogP contribution in [0.5, 0.6) is 23.0 Å². The van der Waals surface area contributed by atoms with Crippen LogP contribution >= 0.6 is 15.9 Å². The van der Waals surface area contributed by atoms with Crippen molar-refractivity contribution in [2.75, 3.05) is 24.9 Å². The lowest BCUT2D eigenvalue weighted by Gasteiger charge is -2.15. The van der Waals surface area contributed by atoms with Gasteiger partial charge >= 0.3 is 6.03 Å². The third kappa shape index (κ3) is 5.46. The van der Waals surface area contributed by atoms with Crippen molar-refractivity contribution < 1.29 is 23.8 Å². The monoisotopic (exact) mass is 485 g/mol. The molecule has 3 amide bonds. The number of carbonyl (C=O) groups is 2. The van der Waals surface area contributed by atoms with Crippen molar-refractivity contribution in [2.45, 2.75) is 0 Å². The molecule has 31 heavy (non-hydrogen) atoms. The van der Waals surface area contributed by atoms with Crippen LogP contribution in [-0.2, 0) is 0 Å². The van der Waals surface area contributed by atoms with Crippen molar-refractivity contribution in [2.24, 2.45) is 5.73 Å². The van der Waals surface area contributed by atoms with Crippen LogP contribution in [0.3, 0.4) is 0 Å². The Morgan fingerprint density at radius 2 is 1.58 bits per heavy atom. The predicted molar refractivity (Wildman–Crippen MR) is 121 cm³/mol. The average molecular weight is 486 g/mol. The highest BCUT2D eigenvalue weighted by Crippen LogP contribution is 2.38. The Morgan fingerprint density at radius 3 is 2.23 bits per heavy atom. The number of nitrogens with two attached hydrogens (primary N) is 1. The van der Waals surface area contributed by atoms with Crippen LogP contribution in [0.1, 0.15) is 10.4 Å². The second-order valence-corrected chi connectivity index (χ2v) is 7.11. The zero-order valence-electron chi connectivity index (χ0n) is 16.8. The lowest BCUT2D eigenvalue weighted by Crippen LogP contribution is -2.20. The van der Waals surface area contributed by atoms with Crippen LogP contribution in [0.25, 0.3) is 0 Å². The number of carbonyl (C=O) groups excluding carboxylic acids is 2. The summed E-state index contributed by atoms with van der Waals surface area (Å²) in [6.45, 7) is 0. The Kier molecular flexibility index (Phi) is 6.99. The Hall–Kier alpha value is -3.72. The summed E-state index contributed by atoms with van der Waals surface area (Å²) in [7, 11) is 2.90. The number of primary amides is 1. The summed E-state index contributed by atoms with van der Waals surface area (Å²) in [6, 6.07) is 16.6. The molecular formula is C22H20BrN3O5. The van der Waals surface area contributed by atoms with Gasteiger partial charge in [-0.05, 0) is 46.3 Å². The topological polar surface area (TPSA) is 112 Å². The maximum atomic E-state index is 12.5. The minimum atomic E-state index is -0.625. The number of methoxy groups -OCH3 is 2. The van der Waals surface area contributed by atoms with Crippen molar-refractivity contribution in [3.8, 4) is 23.0 Å². The van der Waals surface area contributed by atoms with Gasteiger partial charge in [0, 0.05) is 17.8 Å². The average Bonchev–Trinajstić information content (AvgIpc) is 2.76. The van der Waals surface area contributed by atoms with Crippen LogP contribution in [0.4, 0.5) is 16.2 Å². The molecule has 0 fully saturated rings. The van der Waals surface area contributed by atoms with Gasteiger partial charge in [-0.2, -0.15) is 0 Å². The molecule has 3 aromatic carbocycles. The quantitative estimate of drug-likeness (QED) is 0.435. The van der Waals surface area contributed by atoms with Gasteiger partial charge in [0.1, 0.15) is 23.0 Å². The highest BCUT2D eigenvalue weighted by molar-refractivity contribution is 9.10. The van der Waals surface area contributed by atoms with Crippen LogP contribution in [0, 0.1) is 0 Å². The molecule has 0 unspecified atom stereocenters. The number of benzene rings is 3. The van der Waals surface area contributed by atoms with E-state index < -0.39 is 11.9 Å². The first kappa shape index (κ1) is 22.0. The molecule has 0 atom stereocenters. The summed E-state index contributed by atoms with van der Waals surface area (Å²) in [6.07, 6.45) is 0. The molecule has 0 radical (unpaired) electrons. The first-order valence-corrected chi connectivity index (χ1v) is 9.87. The molecular weight excluding hydrogens is 466 g/mol. The van der Waals surface area contributed by atoms with E-state index in [1.165, 1.54) is 26.4 Å². The molecule has 3 aromatic rings. The summed E-state index contributed by atoms with van der Waals surface area (Å²) in [5.74, 6) is 1.23. The lowest BCUT2D eigenvalue weighted by atomic mass is 10.1. The van der Waals surface area contributed by atoms with Crippen LogP contribution in [0.15, 0.2) is 65.1 Å². The third-order valence-electron chi connectivity index (χ3n) is 4.20. The number of para-hydroxylation sites is 1. The fourth-order valence-electron chi connectivity index (χ4n) is 2.75. The van der Waals surface area contributed by atoms with E-state index in [0.717, 1.165) is 0 Å². The molecule has 0 saturated heterocycles. The molecule has 4 N–H and O–H groups in total. The third-order valence-corrected chi connectivity index (χ3v) is 4.82. The highest BCUT2D eigenvalue weighted by Gasteiger charge is 2.15. The first-order valence-electron chi connectivity index (χ1n) is 9.07. The van der Waals surface area contributed by atoms with Crippen molar-refractivity contribution >= 4 is 39.2 Å². The van der Waals surface area contributed by atoms with Gasteiger partial charge in [-0.3, -0.25) is 4.79 Å². The normalized spacial score (nSPS) is 10.2. The maximum Gasteiger partial charge on any atom is 0.323 e. The molecule has 0 heterocycles. The van der Waals surface area contributed by atoms with E-state index in [2.05, 4.69) is 26.6 Å². The molecule has 9 heteroatoms. The summed E-state index contributed by atoms with van der Waals surface area (Å²) in [5.41, 5.74) is 6.36. The first-order chi connectivity index (χ1) is 14.9. The fourth-order valence-corrected chi connectivity index (χ4v) is 3.18. The van der Waals surface area contributed by atoms with E-state index in [4.69, 9.17) is 19.9 Å². The van der Waals surface area contributed by atoms with Gasteiger partial charge in [0.15, 0.2) is 0 Å². The zero-order chi connectivity index (χ0) is 22.4. The number of rotatable bonds is 7. The van der Waals surface area contributed by atoms with E-state index in [9.17, 15) is 9.59 Å². The van der Waals surface area contributed by atoms with E-state index in [1.54, 1.807) is 18.2 Å². The number of ether oxygens (including phenoxy) is 3. The van der Waals surface area contributed by atoms with Gasteiger partial charge in [-0.15, -0.1) is 0 Å². The number of urea groups is 1. The highest BCUT2D eigenvalue weighted by atomic mass is 79.9. The number of hydrogen-bond acceptors (Lipinski definition) is 5. The summed E-state index contributed by atoms with van der Waals surface area (Å²) < 4.78 is 17.0. The molecule has 0 aliphatic rings. The Morgan fingerprint density at radius 1 is 0.871 bits per heavy atom. The lowest BCUT2D eigenvalue weighted by molar-refractivity contribution is 0.0997. The van der Waals surface area contributed by atoms with Crippen LogP contribution in [0.2, 0.25) is 0 Å². The van der Waals surface area contributed by atoms with Gasteiger partial charge in [0.25, 0.3) is 5.91 Å². The summed E-state index contributed by atoms with van der Waals surface area (Å²) in [5, 5.41) is 5.40. The number of amides is 3. The van der Waals surface area contributed by atoms with Crippen LogP contribution < -0.4 is 30.6 Å². The fraction of sp³-hybridized carbons (Fsp3) is 0.0909. The van der Waals surface area contributed by atoms with Gasteiger partial charge in [0.05, 0.1) is 29.9 Å². The standard InChI is InChI=1S/C22H20BrN3O5/c1-29-18-10-13(8-9-15(18)21(24)27)25-22(28)26-17-11-16(23)19(12-20(17)30-2)31-14-6-4-3-5-7-14/h3-12H,1-2H3,(H2,24,27)(H2,25,26,28). The second-order valence-electron chi connectivity index (χ2n) is 6.26. The molecule has 0 aliphatic heterocycles. The van der Waals surface area contributed by atoms with Crippen molar-refractivity contribution in [3.05, 3.63) is 70.7 Å². The largest absolute Gasteiger partial charge is 0.496 e. The molecule has 3 rings (SSSR count). The predicted octanol–water partition coefficient (Wildman–Crippen LogP) is 5.00. The van der Waals surface area contributed by atoms with Crippen LogP contribution in [-0.4, -0.2) is 26.2 Å². The molecule has 0 saturated carbocycles. The minimum Gasteiger partial charge on any atom is -0.496 e. The van der Waals surface area contributed by atoms with Gasteiger partial charge in [-0.1, -0.05) is 18.2 Å². The minimum absolute atomic E-state index is 0.216. The maximum absolute atomic E-state index is 12.5. The van der Waals surface area contributed by atoms with E-state index >= 15 is 0 Å². The smallest absolute Gasteiger partial charge is 0.323 e. The van der Waals surface area contributed by atoms with E-state index in [-0.39, 0.29) is 11.3 Å². The number of anilines is 2. The molecule has 0 bridgehead atoms. The van der Waals surface area contributed by atoms with Gasteiger partial charge in [-0.25, -0.2) is 4.79 Å². The number of nitrogens with one attached hydrogen (secondary N) is 2. The number of halogens is 1. The molecule has 160 valence electrons. The van der Waals surface area contributed by atoms with E-state index in [0.29, 0.717) is 33.1 Å². The Balaban J connectivity index is 1.76. The zero-order valence-corrected chi connectivity index (χ0v) is 18.4. The summed E-state index contributed by atoms with van der Waals surface area (Å²) >= 11 is 3.45.